The number of aromatic nitrogens is 1. The summed E-state index contributed by atoms with van der Waals surface area (Å²) in [5, 5.41) is 0.268. The third-order valence-electron chi connectivity index (χ3n) is 6.95. The maximum absolute atomic E-state index is 14.3. The zero-order chi connectivity index (χ0) is 31.4. The summed E-state index contributed by atoms with van der Waals surface area (Å²) < 4.78 is 38.6. The van der Waals surface area contributed by atoms with Crippen LogP contribution in [0.15, 0.2) is 81.7 Å². The molecule has 4 aromatic rings. The van der Waals surface area contributed by atoms with E-state index in [1.54, 1.807) is 63.4 Å². The van der Waals surface area contributed by atoms with Gasteiger partial charge in [0.05, 0.1) is 47.2 Å². The molecule has 0 saturated heterocycles. The first kappa shape index (κ1) is 31.0. The molecule has 44 heavy (non-hydrogen) atoms. The minimum Gasteiger partial charge on any atom is -0.497 e. The average Bonchev–Trinajstić information content (AvgIpc) is 3.31. The summed E-state index contributed by atoms with van der Waals surface area (Å²) in [4.78, 5) is 32.1. The van der Waals surface area contributed by atoms with Crippen molar-refractivity contribution in [1.82, 2.24) is 4.57 Å². The first-order valence-corrected chi connectivity index (χ1v) is 15.1. The number of nitrogens with zero attached hydrogens (tertiary/aromatic N) is 2. The van der Waals surface area contributed by atoms with E-state index in [0.29, 0.717) is 55.6 Å². The molecule has 0 amide bonds. The number of thiazole rings is 1. The van der Waals surface area contributed by atoms with Crippen molar-refractivity contribution in [2.75, 3.05) is 20.3 Å². The Labute approximate surface area is 262 Å². The van der Waals surface area contributed by atoms with Gasteiger partial charge in [0.2, 0.25) is 0 Å². The quantitative estimate of drug-likeness (QED) is 0.211. The molecule has 0 fully saturated rings. The van der Waals surface area contributed by atoms with E-state index in [9.17, 15) is 14.0 Å². The van der Waals surface area contributed by atoms with Crippen molar-refractivity contribution < 1.29 is 28.1 Å². The number of carbonyl (C=O) groups is 1. The fourth-order valence-electron chi connectivity index (χ4n) is 4.87. The second-order valence-electron chi connectivity index (χ2n) is 9.70. The van der Waals surface area contributed by atoms with E-state index in [0.717, 1.165) is 0 Å². The highest BCUT2D eigenvalue weighted by atomic mass is 35.5. The highest BCUT2D eigenvalue weighted by Gasteiger charge is 2.33. The molecule has 8 nitrogen and oxygen atoms in total. The fourth-order valence-corrected chi connectivity index (χ4v) is 6.13. The summed E-state index contributed by atoms with van der Waals surface area (Å²) >= 11 is 7.37. The van der Waals surface area contributed by atoms with Crippen LogP contribution in [0.4, 0.5) is 4.39 Å². The molecule has 0 saturated carbocycles. The SMILES string of the molecule is CCOC(=O)C1=C(C)N=c2s/c(=C\c3ccc(OCc4c(F)cccc4Cl)c(OCC)c3)c(=O)n2[C@@H]1c1ccc(OC)cc1. The number of hydrogen-bond donors (Lipinski definition) is 0. The number of carbonyl (C=O) groups excluding carboxylic acids is 1. The van der Waals surface area contributed by atoms with Gasteiger partial charge in [0, 0.05) is 5.56 Å². The van der Waals surface area contributed by atoms with Crippen LogP contribution in [0.1, 0.15) is 43.5 Å². The molecule has 1 atom stereocenters. The summed E-state index contributed by atoms with van der Waals surface area (Å²) in [6.45, 7) is 5.77. The lowest BCUT2D eigenvalue weighted by molar-refractivity contribution is -0.139. The fraction of sp³-hybridized carbons (Fsp3) is 0.242. The molecule has 1 aromatic heterocycles. The van der Waals surface area contributed by atoms with E-state index >= 15 is 0 Å². The van der Waals surface area contributed by atoms with Crippen LogP contribution in [-0.2, 0) is 16.1 Å². The molecule has 3 aromatic carbocycles. The van der Waals surface area contributed by atoms with Crippen LogP contribution >= 0.6 is 22.9 Å². The first-order chi connectivity index (χ1) is 21.2. The molecule has 0 aliphatic carbocycles. The van der Waals surface area contributed by atoms with Crippen LogP contribution in [0.3, 0.4) is 0 Å². The lowest BCUT2D eigenvalue weighted by Crippen LogP contribution is -2.39. The summed E-state index contributed by atoms with van der Waals surface area (Å²) in [6, 6.07) is 16.1. The van der Waals surface area contributed by atoms with Crippen LogP contribution in [-0.4, -0.2) is 30.9 Å². The molecule has 5 rings (SSSR count). The molecule has 0 bridgehead atoms. The average molecular weight is 637 g/mol. The van der Waals surface area contributed by atoms with Crippen molar-refractivity contribution in [2.24, 2.45) is 4.99 Å². The van der Waals surface area contributed by atoms with Crippen molar-refractivity contribution in [3.63, 3.8) is 0 Å². The minimum atomic E-state index is -0.738. The Hall–Kier alpha value is -4.41. The number of benzene rings is 3. The van der Waals surface area contributed by atoms with Gasteiger partial charge in [-0.2, -0.15) is 0 Å². The van der Waals surface area contributed by atoms with Crippen LogP contribution in [0.2, 0.25) is 5.02 Å². The Kier molecular flexibility index (Phi) is 9.51. The summed E-state index contributed by atoms with van der Waals surface area (Å²) in [5.74, 6) is 0.486. The van der Waals surface area contributed by atoms with Gasteiger partial charge in [0.1, 0.15) is 18.2 Å². The molecule has 0 radical (unpaired) electrons. The Balaban J connectivity index is 1.55. The lowest BCUT2D eigenvalue weighted by atomic mass is 9.96. The van der Waals surface area contributed by atoms with Gasteiger partial charge in [-0.3, -0.25) is 9.36 Å². The number of esters is 1. The van der Waals surface area contributed by atoms with Crippen LogP contribution < -0.4 is 29.1 Å². The molecule has 0 spiro atoms. The summed E-state index contributed by atoms with van der Waals surface area (Å²) in [5.41, 5.74) is 2.10. The third kappa shape index (κ3) is 6.27. The van der Waals surface area contributed by atoms with Gasteiger partial charge in [0.25, 0.3) is 5.56 Å². The second-order valence-corrected chi connectivity index (χ2v) is 11.1. The number of allylic oxidation sites excluding steroid dienone is 1. The summed E-state index contributed by atoms with van der Waals surface area (Å²) in [6.07, 6.45) is 1.73. The second kappa shape index (κ2) is 13.5. The van der Waals surface area contributed by atoms with Crippen molar-refractivity contribution in [3.05, 3.63) is 119 Å². The lowest BCUT2D eigenvalue weighted by Gasteiger charge is -2.24. The molecule has 228 valence electrons. The van der Waals surface area contributed by atoms with Gasteiger partial charge in [0.15, 0.2) is 16.3 Å². The topological polar surface area (TPSA) is 88.4 Å². The van der Waals surface area contributed by atoms with Crippen LogP contribution in [0.25, 0.3) is 6.08 Å². The van der Waals surface area contributed by atoms with E-state index < -0.39 is 17.8 Å². The molecular formula is C33H30ClFN2O6S. The van der Waals surface area contributed by atoms with Gasteiger partial charge >= 0.3 is 5.97 Å². The molecule has 0 unspecified atom stereocenters. The van der Waals surface area contributed by atoms with Gasteiger partial charge in [-0.1, -0.05) is 47.2 Å². The predicted molar refractivity (Wildman–Crippen MR) is 167 cm³/mol. The zero-order valence-corrected chi connectivity index (χ0v) is 26.1. The van der Waals surface area contributed by atoms with E-state index in [2.05, 4.69) is 4.99 Å². The smallest absolute Gasteiger partial charge is 0.338 e. The molecule has 1 aliphatic heterocycles. The minimum absolute atomic E-state index is 0.0863. The van der Waals surface area contributed by atoms with Crippen LogP contribution in [0.5, 0.6) is 17.2 Å². The van der Waals surface area contributed by atoms with Gasteiger partial charge in [-0.25, -0.2) is 14.2 Å². The molecule has 0 N–H and O–H groups in total. The van der Waals surface area contributed by atoms with E-state index in [4.69, 9.17) is 30.5 Å². The van der Waals surface area contributed by atoms with E-state index in [1.165, 1.54) is 28.0 Å². The number of ether oxygens (including phenoxy) is 4. The number of methoxy groups -OCH3 is 1. The Morgan fingerprint density at radius 3 is 2.52 bits per heavy atom. The monoisotopic (exact) mass is 636 g/mol. The Morgan fingerprint density at radius 2 is 1.84 bits per heavy atom. The third-order valence-corrected chi connectivity index (χ3v) is 8.28. The normalized spacial score (nSPS) is 14.6. The number of halogens is 2. The van der Waals surface area contributed by atoms with Crippen molar-refractivity contribution in [1.29, 1.82) is 0 Å². The number of rotatable bonds is 10. The largest absolute Gasteiger partial charge is 0.497 e. The number of fused-ring (bicyclic) bond motifs is 1. The molecule has 2 heterocycles. The standard InChI is InChI=1S/C33H30ClFN2O6S/c1-5-41-27-16-20(10-15-26(27)43-18-23-24(34)8-7-9-25(23)35)17-28-31(38)37-30(21-11-13-22(40-4)14-12-21)29(32(39)42-6-2)19(3)36-33(37)44-28/h7-17,30H,5-6,18H2,1-4H3/b28-17-/t30-/m1/s1. The predicted octanol–water partition coefficient (Wildman–Crippen LogP) is 5.58. The van der Waals surface area contributed by atoms with Gasteiger partial charge in [-0.15, -0.1) is 0 Å². The van der Waals surface area contributed by atoms with Gasteiger partial charge in [-0.05, 0) is 74.4 Å². The molecular weight excluding hydrogens is 607 g/mol. The highest BCUT2D eigenvalue weighted by molar-refractivity contribution is 7.07. The first-order valence-electron chi connectivity index (χ1n) is 13.9. The van der Waals surface area contributed by atoms with Crippen molar-refractivity contribution in [3.8, 4) is 17.2 Å². The van der Waals surface area contributed by atoms with E-state index in [1.807, 2.05) is 19.1 Å². The maximum atomic E-state index is 14.3. The summed E-state index contributed by atoms with van der Waals surface area (Å²) in [7, 11) is 1.57. The van der Waals surface area contributed by atoms with Crippen molar-refractivity contribution in [2.45, 2.75) is 33.4 Å². The van der Waals surface area contributed by atoms with E-state index in [-0.39, 0.29) is 29.4 Å². The van der Waals surface area contributed by atoms with Gasteiger partial charge < -0.3 is 18.9 Å². The zero-order valence-electron chi connectivity index (χ0n) is 24.6. The maximum Gasteiger partial charge on any atom is 0.338 e. The van der Waals surface area contributed by atoms with Crippen molar-refractivity contribution >= 4 is 35.0 Å². The molecule has 11 heteroatoms. The highest BCUT2D eigenvalue weighted by Crippen LogP contribution is 2.33. The molecule has 1 aliphatic rings. The van der Waals surface area contributed by atoms with Crippen LogP contribution in [0, 0.1) is 5.82 Å². The Morgan fingerprint density at radius 1 is 1.07 bits per heavy atom. The Bertz CT molecular complexity index is 1900. The number of hydrogen-bond acceptors (Lipinski definition) is 8.